The summed E-state index contributed by atoms with van der Waals surface area (Å²) < 4.78 is 0. The number of nitrogens with zero attached hydrogens (tertiary/aromatic N) is 1. The first-order valence-corrected chi connectivity index (χ1v) is 9.37. The lowest BCUT2D eigenvalue weighted by molar-refractivity contribution is -0.130. The van der Waals surface area contributed by atoms with E-state index in [1.807, 2.05) is 16.7 Å². The summed E-state index contributed by atoms with van der Waals surface area (Å²) in [6, 6.07) is 2.08. The second-order valence-corrected chi connectivity index (χ2v) is 7.90. The van der Waals surface area contributed by atoms with Crippen molar-refractivity contribution in [2.24, 2.45) is 5.92 Å². The van der Waals surface area contributed by atoms with E-state index in [2.05, 4.69) is 49.2 Å². The zero-order chi connectivity index (χ0) is 14.7. The zero-order valence-corrected chi connectivity index (χ0v) is 14.3. The second-order valence-electron chi connectivity index (χ2n) is 5.84. The molecule has 1 fully saturated rings. The molecule has 5 heteroatoms. The number of nitrogens with one attached hydrogen (secondary N) is 1. The minimum atomic E-state index is -0.0334. The Labute approximate surface area is 130 Å². The summed E-state index contributed by atoms with van der Waals surface area (Å²) in [4.78, 5) is 14.7. The van der Waals surface area contributed by atoms with Crippen LogP contribution >= 0.6 is 23.1 Å². The summed E-state index contributed by atoms with van der Waals surface area (Å²) in [6.45, 7) is 7.32. The molecule has 3 unspecified atom stereocenters. The minimum Gasteiger partial charge on any atom is -0.320 e. The molecule has 3 nitrogen and oxygen atoms in total. The van der Waals surface area contributed by atoms with Crippen LogP contribution in [-0.2, 0) is 4.79 Å². The predicted molar refractivity (Wildman–Crippen MR) is 88.1 cm³/mol. The largest absolute Gasteiger partial charge is 0.320 e. The number of rotatable bonds is 6. The number of amides is 1. The molecule has 1 aliphatic heterocycles. The fourth-order valence-corrected chi connectivity index (χ4v) is 3.56. The third kappa shape index (κ3) is 3.57. The molecule has 1 saturated heterocycles. The summed E-state index contributed by atoms with van der Waals surface area (Å²) in [5.41, 5.74) is 1.21. The molecule has 1 aliphatic rings. The molecule has 0 radical (unpaired) electrons. The lowest BCUT2D eigenvalue weighted by Gasteiger charge is -2.26. The van der Waals surface area contributed by atoms with Crippen molar-refractivity contribution in [3.05, 3.63) is 22.4 Å². The Kier molecular flexibility index (Phi) is 5.52. The maximum absolute atomic E-state index is 12.7. The van der Waals surface area contributed by atoms with Crippen LogP contribution in [0.1, 0.15) is 38.9 Å². The number of thiophene rings is 1. The van der Waals surface area contributed by atoms with Crippen LogP contribution in [0, 0.1) is 5.92 Å². The number of carbonyl (C=O) groups excluding carboxylic acids is 1. The van der Waals surface area contributed by atoms with Crippen molar-refractivity contribution < 1.29 is 4.79 Å². The van der Waals surface area contributed by atoms with E-state index in [9.17, 15) is 4.79 Å². The third-order valence-corrected chi connectivity index (χ3v) is 5.33. The van der Waals surface area contributed by atoms with Crippen LogP contribution in [0.25, 0.3) is 0 Å². The van der Waals surface area contributed by atoms with Crippen molar-refractivity contribution in [1.29, 1.82) is 0 Å². The zero-order valence-electron chi connectivity index (χ0n) is 12.6. The molecule has 20 heavy (non-hydrogen) atoms. The van der Waals surface area contributed by atoms with E-state index in [-0.39, 0.29) is 18.1 Å². The van der Waals surface area contributed by atoms with Crippen LogP contribution < -0.4 is 5.32 Å². The standard InChI is InChI=1S/C15H24N2OS2/c1-10(2)7-13-15(18)17(8-11(3)19-4)14(16-13)12-5-6-20-9-12/h5-6,9-11,13-14,16H,7-8H2,1-4H3. The van der Waals surface area contributed by atoms with E-state index in [0.717, 1.165) is 13.0 Å². The minimum absolute atomic E-state index is 0.0334. The monoisotopic (exact) mass is 312 g/mol. The Morgan fingerprint density at radius 1 is 1.45 bits per heavy atom. The number of hydrogen-bond acceptors (Lipinski definition) is 4. The molecule has 2 heterocycles. The van der Waals surface area contributed by atoms with Gasteiger partial charge < -0.3 is 4.90 Å². The van der Waals surface area contributed by atoms with Crippen molar-refractivity contribution in [2.75, 3.05) is 12.8 Å². The molecule has 1 amide bonds. The maximum atomic E-state index is 12.7. The SMILES string of the molecule is CSC(C)CN1C(=O)C(CC(C)C)NC1c1ccsc1. The van der Waals surface area contributed by atoms with Crippen LogP contribution in [0.2, 0.25) is 0 Å². The predicted octanol–water partition coefficient (Wildman–Crippen LogP) is 3.34. The maximum Gasteiger partial charge on any atom is 0.241 e. The molecule has 2 rings (SSSR count). The first kappa shape index (κ1) is 15.9. The van der Waals surface area contributed by atoms with Crippen molar-refractivity contribution in [1.82, 2.24) is 10.2 Å². The van der Waals surface area contributed by atoms with E-state index in [0.29, 0.717) is 11.2 Å². The first-order chi connectivity index (χ1) is 9.52. The molecule has 3 atom stereocenters. The van der Waals surface area contributed by atoms with Gasteiger partial charge in [-0.05, 0) is 41.0 Å². The van der Waals surface area contributed by atoms with Gasteiger partial charge in [-0.1, -0.05) is 20.8 Å². The van der Waals surface area contributed by atoms with Gasteiger partial charge in [-0.2, -0.15) is 23.1 Å². The van der Waals surface area contributed by atoms with E-state index < -0.39 is 0 Å². The third-order valence-electron chi connectivity index (χ3n) is 3.67. The van der Waals surface area contributed by atoms with E-state index in [1.54, 1.807) is 11.3 Å². The normalized spacial score (nSPS) is 24.6. The quantitative estimate of drug-likeness (QED) is 0.874. The van der Waals surface area contributed by atoms with Gasteiger partial charge in [0.05, 0.1) is 6.04 Å². The van der Waals surface area contributed by atoms with Crippen LogP contribution in [0.4, 0.5) is 0 Å². The summed E-state index contributed by atoms with van der Waals surface area (Å²) in [7, 11) is 0. The number of thioether (sulfide) groups is 1. The van der Waals surface area contributed by atoms with Crippen molar-refractivity contribution in [3.63, 3.8) is 0 Å². The highest BCUT2D eigenvalue weighted by atomic mass is 32.2. The molecule has 0 saturated carbocycles. The summed E-state index contributed by atoms with van der Waals surface area (Å²) in [5.74, 6) is 0.785. The lowest BCUT2D eigenvalue weighted by Crippen LogP contribution is -2.35. The van der Waals surface area contributed by atoms with Gasteiger partial charge in [0.25, 0.3) is 0 Å². The van der Waals surface area contributed by atoms with E-state index in [4.69, 9.17) is 0 Å². The second kappa shape index (κ2) is 6.96. The van der Waals surface area contributed by atoms with Crippen LogP contribution in [0.3, 0.4) is 0 Å². The Morgan fingerprint density at radius 3 is 2.75 bits per heavy atom. The van der Waals surface area contributed by atoms with Crippen LogP contribution in [0.5, 0.6) is 0 Å². The molecule has 0 spiro atoms. The fraction of sp³-hybridized carbons (Fsp3) is 0.667. The molecular formula is C15H24N2OS2. The highest BCUT2D eigenvalue weighted by Gasteiger charge is 2.40. The highest BCUT2D eigenvalue weighted by molar-refractivity contribution is 7.99. The van der Waals surface area contributed by atoms with Gasteiger partial charge in [0, 0.05) is 11.8 Å². The molecular weight excluding hydrogens is 288 g/mol. The average molecular weight is 313 g/mol. The van der Waals surface area contributed by atoms with Gasteiger partial charge in [0.1, 0.15) is 6.17 Å². The Morgan fingerprint density at radius 2 is 2.20 bits per heavy atom. The van der Waals surface area contributed by atoms with Crippen LogP contribution in [0.15, 0.2) is 16.8 Å². The topological polar surface area (TPSA) is 32.3 Å². The average Bonchev–Trinajstić information content (AvgIpc) is 3.01. The summed E-state index contributed by atoms with van der Waals surface area (Å²) in [5, 5.41) is 8.20. The van der Waals surface area contributed by atoms with E-state index >= 15 is 0 Å². The van der Waals surface area contributed by atoms with Gasteiger partial charge in [-0.15, -0.1) is 0 Å². The first-order valence-electron chi connectivity index (χ1n) is 7.14. The Balaban J connectivity index is 2.16. The fourth-order valence-electron chi connectivity index (χ4n) is 2.57. The van der Waals surface area contributed by atoms with Crippen molar-refractivity contribution in [3.8, 4) is 0 Å². The van der Waals surface area contributed by atoms with Gasteiger partial charge in [-0.3, -0.25) is 10.1 Å². The Bertz CT molecular complexity index is 433. The molecule has 0 aliphatic carbocycles. The van der Waals surface area contributed by atoms with Crippen molar-refractivity contribution >= 4 is 29.0 Å². The lowest BCUT2D eigenvalue weighted by atomic mass is 10.0. The van der Waals surface area contributed by atoms with Crippen LogP contribution in [-0.4, -0.2) is 34.9 Å². The smallest absolute Gasteiger partial charge is 0.241 e. The molecule has 1 aromatic rings. The number of carbonyl (C=O) groups is 1. The summed E-state index contributed by atoms with van der Waals surface area (Å²) >= 11 is 3.50. The molecule has 1 aromatic heterocycles. The molecule has 0 bridgehead atoms. The molecule has 0 aromatic carbocycles. The summed E-state index contributed by atoms with van der Waals surface area (Å²) in [6.07, 6.45) is 3.06. The molecule has 112 valence electrons. The van der Waals surface area contributed by atoms with Gasteiger partial charge in [-0.25, -0.2) is 0 Å². The number of hydrogen-bond donors (Lipinski definition) is 1. The van der Waals surface area contributed by atoms with Gasteiger partial charge in [0.2, 0.25) is 5.91 Å². The molecule has 1 N–H and O–H groups in total. The van der Waals surface area contributed by atoms with Gasteiger partial charge >= 0.3 is 0 Å². The Hall–Kier alpha value is -0.520. The highest BCUT2D eigenvalue weighted by Crippen LogP contribution is 2.30. The van der Waals surface area contributed by atoms with Crippen molar-refractivity contribution in [2.45, 2.75) is 44.6 Å². The van der Waals surface area contributed by atoms with E-state index in [1.165, 1.54) is 5.56 Å². The van der Waals surface area contributed by atoms with Gasteiger partial charge in [0.15, 0.2) is 0 Å².